The van der Waals surface area contributed by atoms with Crippen molar-refractivity contribution in [2.75, 3.05) is 36.0 Å². The molecule has 0 aromatic heterocycles. The second kappa shape index (κ2) is 9.93. The zero-order valence-electron chi connectivity index (χ0n) is 16.5. The molecule has 0 saturated carbocycles. The molecule has 7 heteroatoms. The Labute approximate surface area is 190 Å². The van der Waals surface area contributed by atoms with E-state index in [0.717, 1.165) is 38.3 Å². The molecule has 0 amide bonds. The lowest BCUT2D eigenvalue weighted by Crippen LogP contribution is -2.42. The number of benzene rings is 2. The van der Waals surface area contributed by atoms with E-state index in [4.69, 9.17) is 4.99 Å². The molecule has 0 radical (unpaired) electrons. The van der Waals surface area contributed by atoms with Gasteiger partial charge in [0.1, 0.15) is 0 Å². The summed E-state index contributed by atoms with van der Waals surface area (Å²) in [5.74, 6) is 1.57. The quantitative estimate of drug-likeness (QED) is 0.370. The number of hydrogen-bond acceptors (Lipinski definition) is 3. The molecule has 29 heavy (non-hydrogen) atoms. The maximum Gasteiger partial charge on any atom is 0.198 e. The van der Waals surface area contributed by atoms with Crippen molar-refractivity contribution in [3.05, 3.63) is 65.7 Å². The number of hydrogen-bond donors (Lipinski definition) is 1. The van der Waals surface area contributed by atoms with E-state index in [9.17, 15) is 8.42 Å². The summed E-state index contributed by atoms with van der Waals surface area (Å²) in [7, 11) is -2.87. The first-order valence-electron chi connectivity index (χ1n) is 9.99. The third-order valence-corrected chi connectivity index (χ3v) is 7.35. The van der Waals surface area contributed by atoms with Gasteiger partial charge in [-0.25, -0.2) is 8.42 Å². The van der Waals surface area contributed by atoms with E-state index >= 15 is 0 Å². The SMILES string of the molecule is I.O=S1(=O)CCC(CN=C(NCCc2ccccc2)N2CCc3ccccc32)C1. The van der Waals surface area contributed by atoms with Crippen molar-refractivity contribution in [1.29, 1.82) is 0 Å². The Morgan fingerprint density at radius 3 is 2.62 bits per heavy atom. The molecule has 2 aromatic carbocycles. The van der Waals surface area contributed by atoms with Crippen molar-refractivity contribution < 1.29 is 8.42 Å². The molecule has 1 N–H and O–H groups in total. The summed E-state index contributed by atoms with van der Waals surface area (Å²) < 4.78 is 23.5. The molecule has 2 heterocycles. The van der Waals surface area contributed by atoms with Crippen LogP contribution in [0.2, 0.25) is 0 Å². The summed E-state index contributed by atoms with van der Waals surface area (Å²) in [4.78, 5) is 7.09. The van der Waals surface area contributed by atoms with Gasteiger partial charge in [-0.15, -0.1) is 24.0 Å². The molecule has 2 aliphatic rings. The van der Waals surface area contributed by atoms with Crippen LogP contribution in [0.4, 0.5) is 5.69 Å². The number of sulfone groups is 1. The Morgan fingerprint density at radius 2 is 1.86 bits per heavy atom. The van der Waals surface area contributed by atoms with Crippen LogP contribution in [0.25, 0.3) is 0 Å². The predicted octanol–water partition coefficient (Wildman–Crippen LogP) is 3.29. The molecule has 1 fully saturated rings. The lowest BCUT2D eigenvalue weighted by molar-refractivity contribution is 0.590. The van der Waals surface area contributed by atoms with Crippen LogP contribution >= 0.6 is 24.0 Å². The van der Waals surface area contributed by atoms with Crippen LogP contribution in [0.1, 0.15) is 17.5 Å². The van der Waals surface area contributed by atoms with Gasteiger partial charge in [-0.3, -0.25) is 4.99 Å². The van der Waals surface area contributed by atoms with Gasteiger partial charge in [-0.2, -0.15) is 0 Å². The molecule has 0 spiro atoms. The van der Waals surface area contributed by atoms with Gasteiger partial charge in [-0.05, 0) is 42.4 Å². The third kappa shape index (κ3) is 5.72. The fraction of sp³-hybridized carbons (Fsp3) is 0.409. The van der Waals surface area contributed by atoms with Crippen LogP contribution in [-0.2, 0) is 22.7 Å². The minimum absolute atomic E-state index is 0. The smallest absolute Gasteiger partial charge is 0.198 e. The predicted molar refractivity (Wildman–Crippen MR) is 130 cm³/mol. The Morgan fingerprint density at radius 1 is 1.10 bits per heavy atom. The van der Waals surface area contributed by atoms with Gasteiger partial charge >= 0.3 is 0 Å². The molecule has 2 aliphatic heterocycles. The highest BCUT2D eigenvalue weighted by atomic mass is 127. The molecule has 0 bridgehead atoms. The highest BCUT2D eigenvalue weighted by Gasteiger charge is 2.28. The van der Waals surface area contributed by atoms with Crippen molar-refractivity contribution in [1.82, 2.24) is 5.32 Å². The van der Waals surface area contributed by atoms with Crippen molar-refractivity contribution in [2.45, 2.75) is 19.3 Å². The van der Waals surface area contributed by atoms with E-state index in [1.807, 2.05) is 6.07 Å². The number of para-hydroxylation sites is 1. The van der Waals surface area contributed by atoms with E-state index in [1.54, 1.807) is 0 Å². The third-order valence-electron chi connectivity index (χ3n) is 5.51. The van der Waals surface area contributed by atoms with Gasteiger partial charge < -0.3 is 10.2 Å². The van der Waals surface area contributed by atoms with Gasteiger partial charge in [0, 0.05) is 25.3 Å². The highest BCUT2D eigenvalue weighted by Crippen LogP contribution is 2.27. The molecule has 2 aromatic rings. The summed E-state index contributed by atoms with van der Waals surface area (Å²) in [6, 6.07) is 18.8. The topological polar surface area (TPSA) is 61.8 Å². The summed E-state index contributed by atoms with van der Waals surface area (Å²) in [6.07, 6.45) is 2.65. The van der Waals surface area contributed by atoms with E-state index in [2.05, 4.69) is 58.7 Å². The number of anilines is 1. The van der Waals surface area contributed by atoms with Crippen molar-refractivity contribution in [3.63, 3.8) is 0 Å². The molecule has 4 rings (SSSR count). The number of guanidine groups is 1. The maximum absolute atomic E-state index is 11.8. The van der Waals surface area contributed by atoms with Crippen LogP contribution < -0.4 is 10.2 Å². The minimum atomic E-state index is -2.87. The molecule has 5 nitrogen and oxygen atoms in total. The zero-order valence-corrected chi connectivity index (χ0v) is 19.6. The van der Waals surface area contributed by atoms with Crippen LogP contribution in [-0.4, -0.2) is 45.5 Å². The zero-order chi connectivity index (χ0) is 19.4. The van der Waals surface area contributed by atoms with E-state index in [-0.39, 0.29) is 35.6 Å². The van der Waals surface area contributed by atoms with Gasteiger partial charge in [-0.1, -0.05) is 48.5 Å². The number of rotatable bonds is 5. The average molecular weight is 525 g/mol. The molecular formula is C22H28IN3O2S. The van der Waals surface area contributed by atoms with E-state index < -0.39 is 9.84 Å². The number of aliphatic imine (C=N–C) groups is 1. The Bertz CT molecular complexity index is 948. The van der Waals surface area contributed by atoms with Crippen LogP contribution in [0.5, 0.6) is 0 Å². The Hall–Kier alpha value is -1.61. The van der Waals surface area contributed by atoms with Crippen LogP contribution in [0.15, 0.2) is 59.6 Å². The largest absolute Gasteiger partial charge is 0.356 e. The standard InChI is InChI=1S/C22H27N3O2S.HI/c26-28(27)15-12-19(17-28)16-24-22(23-13-10-18-6-2-1-3-7-18)25-14-11-20-8-4-5-9-21(20)25;/h1-9,19H,10-17H2,(H,23,24);1H. The molecule has 1 saturated heterocycles. The lowest BCUT2D eigenvalue weighted by Gasteiger charge is -2.23. The molecule has 1 unspecified atom stereocenters. The fourth-order valence-electron chi connectivity index (χ4n) is 3.99. The second-order valence-electron chi connectivity index (χ2n) is 7.63. The molecule has 0 aliphatic carbocycles. The molecular weight excluding hydrogens is 497 g/mol. The number of nitrogens with zero attached hydrogens (tertiary/aromatic N) is 2. The monoisotopic (exact) mass is 525 g/mol. The normalized spacial score (nSPS) is 20.2. The Balaban J connectivity index is 0.00000240. The summed E-state index contributed by atoms with van der Waals surface area (Å²) in [5, 5.41) is 3.52. The fourth-order valence-corrected chi connectivity index (χ4v) is 5.84. The van der Waals surface area contributed by atoms with Gasteiger partial charge in [0.05, 0.1) is 11.5 Å². The van der Waals surface area contributed by atoms with Gasteiger partial charge in [0.25, 0.3) is 0 Å². The van der Waals surface area contributed by atoms with Crippen LogP contribution in [0, 0.1) is 5.92 Å². The Kier molecular flexibility index (Phi) is 7.56. The minimum Gasteiger partial charge on any atom is -0.356 e. The molecule has 1 atom stereocenters. The number of nitrogens with one attached hydrogen (secondary N) is 1. The van der Waals surface area contributed by atoms with Gasteiger partial charge in [0.15, 0.2) is 15.8 Å². The molecule has 156 valence electrons. The van der Waals surface area contributed by atoms with Crippen molar-refractivity contribution in [3.8, 4) is 0 Å². The van der Waals surface area contributed by atoms with Crippen LogP contribution in [0.3, 0.4) is 0 Å². The average Bonchev–Trinajstić information content (AvgIpc) is 3.28. The van der Waals surface area contributed by atoms with Crippen molar-refractivity contribution >= 4 is 45.5 Å². The first-order chi connectivity index (χ1) is 13.6. The summed E-state index contributed by atoms with van der Waals surface area (Å²) in [5.41, 5.74) is 3.83. The lowest BCUT2D eigenvalue weighted by atomic mass is 10.1. The summed E-state index contributed by atoms with van der Waals surface area (Å²) in [6.45, 7) is 2.26. The first kappa shape index (κ1) is 22.1. The summed E-state index contributed by atoms with van der Waals surface area (Å²) >= 11 is 0. The van der Waals surface area contributed by atoms with E-state index in [1.165, 1.54) is 16.8 Å². The first-order valence-corrected chi connectivity index (χ1v) is 11.8. The highest BCUT2D eigenvalue weighted by molar-refractivity contribution is 14.0. The van der Waals surface area contributed by atoms with E-state index in [0.29, 0.717) is 12.3 Å². The maximum atomic E-state index is 11.8. The van der Waals surface area contributed by atoms with Crippen molar-refractivity contribution in [2.24, 2.45) is 10.9 Å². The second-order valence-corrected chi connectivity index (χ2v) is 9.85. The van der Waals surface area contributed by atoms with Gasteiger partial charge in [0.2, 0.25) is 0 Å². The number of halogens is 1. The number of fused-ring (bicyclic) bond motifs is 1.